The van der Waals surface area contributed by atoms with E-state index in [2.05, 4.69) is 4.74 Å². The first-order valence-corrected chi connectivity index (χ1v) is 11.4. The number of halogens is 4. The summed E-state index contributed by atoms with van der Waals surface area (Å²) in [6, 6.07) is 9.70. The molecular formula is C22H23F4NO4S. The number of hydrogen-bond donors (Lipinski definition) is 0. The molecule has 1 heterocycles. The van der Waals surface area contributed by atoms with E-state index in [1.54, 1.807) is 4.90 Å². The summed E-state index contributed by atoms with van der Waals surface area (Å²) >= 11 is 0. The van der Waals surface area contributed by atoms with Crippen LogP contribution in [0.4, 0.5) is 17.6 Å². The molecule has 1 aliphatic heterocycles. The SMILES string of the molecule is CC(C)(C1CCN(C(=O)c2cccc(F)c2)CC1)S(=O)(=O)c1cccc(OC(F)(F)F)c1. The van der Waals surface area contributed by atoms with Crippen LogP contribution in [-0.4, -0.2) is 43.4 Å². The van der Waals surface area contributed by atoms with Crippen LogP contribution in [-0.2, 0) is 9.84 Å². The summed E-state index contributed by atoms with van der Waals surface area (Å²) in [5.74, 6) is -1.79. The molecule has 0 atom stereocenters. The monoisotopic (exact) mass is 473 g/mol. The Bertz CT molecular complexity index is 1090. The molecule has 1 amide bonds. The number of sulfone groups is 1. The van der Waals surface area contributed by atoms with Crippen LogP contribution in [0.5, 0.6) is 5.75 Å². The first kappa shape index (κ1) is 24.0. The van der Waals surface area contributed by atoms with Gasteiger partial charge < -0.3 is 9.64 Å². The molecule has 0 saturated carbocycles. The lowest BCUT2D eigenvalue weighted by Crippen LogP contribution is -2.47. The Morgan fingerprint density at radius 1 is 1.03 bits per heavy atom. The molecule has 3 rings (SSSR count). The van der Waals surface area contributed by atoms with E-state index in [0.717, 1.165) is 18.2 Å². The quantitative estimate of drug-likeness (QED) is 0.584. The second-order valence-electron chi connectivity index (χ2n) is 8.21. The lowest BCUT2D eigenvalue weighted by molar-refractivity contribution is -0.274. The molecular weight excluding hydrogens is 450 g/mol. The summed E-state index contributed by atoms with van der Waals surface area (Å²) in [5, 5.41) is 0. The lowest BCUT2D eigenvalue weighted by atomic mass is 9.85. The maximum Gasteiger partial charge on any atom is 0.573 e. The molecule has 2 aromatic carbocycles. The molecule has 2 aromatic rings. The van der Waals surface area contributed by atoms with E-state index >= 15 is 0 Å². The molecule has 10 heteroatoms. The van der Waals surface area contributed by atoms with Crippen molar-refractivity contribution in [3.63, 3.8) is 0 Å². The van der Waals surface area contributed by atoms with Crippen molar-refractivity contribution < 1.29 is 35.5 Å². The molecule has 0 aromatic heterocycles. The summed E-state index contributed by atoms with van der Waals surface area (Å²) < 4.78 is 80.1. The van der Waals surface area contributed by atoms with Crippen LogP contribution < -0.4 is 4.74 Å². The molecule has 1 aliphatic rings. The molecule has 0 aliphatic carbocycles. The highest BCUT2D eigenvalue weighted by atomic mass is 32.2. The Hall–Kier alpha value is -2.62. The number of benzene rings is 2. The maximum atomic E-state index is 13.4. The highest BCUT2D eigenvalue weighted by Crippen LogP contribution is 2.39. The number of carbonyl (C=O) groups excluding carboxylic acids is 1. The third-order valence-electron chi connectivity index (χ3n) is 5.88. The summed E-state index contributed by atoms with van der Waals surface area (Å²) in [5.41, 5.74) is 0.219. The fourth-order valence-corrected chi connectivity index (χ4v) is 5.75. The van der Waals surface area contributed by atoms with Gasteiger partial charge in [-0.05, 0) is 69.0 Å². The van der Waals surface area contributed by atoms with Gasteiger partial charge in [0, 0.05) is 18.7 Å². The average Bonchev–Trinajstić information content (AvgIpc) is 2.72. The van der Waals surface area contributed by atoms with E-state index in [4.69, 9.17) is 0 Å². The van der Waals surface area contributed by atoms with Crippen molar-refractivity contribution >= 4 is 15.7 Å². The van der Waals surface area contributed by atoms with Gasteiger partial charge in [-0.25, -0.2) is 12.8 Å². The van der Waals surface area contributed by atoms with E-state index < -0.39 is 32.5 Å². The fourth-order valence-electron chi connectivity index (χ4n) is 3.94. The number of nitrogens with zero attached hydrogens (tertiary/aromatic N) is 1. The third kappa shape index (κ3) is 5.06. The number of rotatable bonds is 5. The smallest absolute Gasteiger partial charge is 0.406 e. The van der Waals surface area contributed by atoms with E-state index in [1.165, 1.54) is 44.2 Å². The van der Waals surface area contributed by atoms with Crippen LogP contribution in [0.15, 0.2) is 53.4 Å². The summed E-state index contributed by atoms with van der Waals surface area (Å²) in [4.78, 5) is 13.9. The number of ether oxygens (including phenoxy) is 1. The largest absolute Gasteiger partial charge is 0.573 e. The zero-order valence-electron chi connectivity index (χ0n) is 17.5. The Morgan fingerprint density at radius 3 is 2.25 bits per heavy atom. The molecule has 0 N–H and O–H groups in total. The van der Waals surface area contributed by atoms with Crippen LogP contribution in [0.1, 0.15) is 37.0 Å². The van der Waals surface area contributed by atoms with E-state index in [9.17, 15) is 30.8 Å². The highest BCUT2D eigenvalue weighted by Gasteiger charge is 2.44. The van der Waals surface area contributed by atoms with Gasteiger partial charge in [-0.3, -0.25) is 4.79 Å². The van der Waals surface area contributed by atoms with Gasteiger partial charge in [0.05, 0.1) is 9.64 Å². The minimum Gasteiger partial charge on any atom is -0.406 e. The minimum atomic E-state index is -4.93. The van der Waals surface area contributed by atoms with Gasteiger partial charge in [0.1, 0.15) is 11.6 Å². The van der Waals surface area contributed by atoms with Crippen molar-refractivity contribution in [1.82, 2.24) is 4.90 Å². The molecule has 0 bridgehead atoms. The van der Waals surface area contributed by atoms with Gasteiger partial charge in [0.2, 0.25) is 0 Å². The maximum absolute atomic E-state index is 13.4. The van der Waals surface area contributed by atoms with Crippen molar-refractivity contribution in [3.8, 4) is 5.75 Å². The van der Waals surface area contributed by atoms with Crippen molar-refractivity contribution in [2.24, 2.45) is 5.92 Å². The molecule has 0 unspecified atom stereocenters. The van der Waals surface area contributed by atoms with Crippen molar-refractivity contribution in [2.75, 3.05) is 13.1 Å². The topological polar surface area (TPSA) is 63.7 Å². The molecule has 1 saturated heterocycles. The van der Waals surface area contributed by atoms with Gasteiger partial charge in [-0.2, -0.15) is 0 Å². The summed E-state index contributed by atoms with van der Waals surface area (Å²) in [7, 11) is -4.01. The van der Waals surface area contributed by atoms with Gasteiger partial charge in [-0.15, -0.1) is 13.2 Å². The molecule has 0 radical (unpaired) electrons. The van der Waals surface area contributed by atoms with Crippen molar-refractivity contribution in [1.29, 1.82) is 0 Å². The lowest BCUT2D eigenvalue weighted by Gasteiger charge is -2.40. The predicted molar refractivity (Wildman–Crippen MR) is 109 cm³/mol. The van der Waals surface area contributed by atoms with Crippen molar-refractivity contribution in [2.45, 2.75) is 42.7 Å². The predicted octanol–water partition coefficient (Wildman–Crippen LogP) is 4.83. The van der Waals surface area contributed by atoms with Crippen molar-refractivity contribution in [3.05, 3.63) is 59.9 Å². The van der Waals surface area contributed by atoms with Gasteiger partial charge in [-0.1, -0.05) is 12.1 Å². The second kappa shape index (κ2) is 8.73. The third-order valence-corrected chi connectivity index (χ3v) is 8.47. The Morgan fingerprint density at radius 2 is 1.66 bits per heavy atom. The molecule has 32 heavy (non-hydrogen) atoms. The van der Waals surface area contributed by atoms with E-state index in [0.29, 0.717) is 12.8 Å². The number of piperidine rings is 1. The minimum absolute atomic E-state index is 0.219. The van der Waals surface area contributed by atoms with Gasteiger partial charge >= 0.3 is 6.36 Å². The number of likely N-dealkylation sites (tertiary alicyclic amines) is 1. The van der Waals surface area contributed by atoms with E-state index in [-0.39, 0.29) is 35.4 Å². The second-order valence-corrected chi connectivity index (χ2v) is 10.7. The molecule has 0 spiro atoms. The van der Waals surface area contributed by atoms with Crippen LogP contribution in [0.3, 0.4) is 0 Å². The first-order valence-electron chi connectivity index (χ1n) is 9.96. The summed E-state index contributed by atoms with van der Waals surface area (Å²) in [6.07, 6.45) is -4.17. The Kier molecular flexibility index (Phi) is 6.55. The van der Waals surface area contributed by atoms with Gasteiger partial charge in [0.15, 0.2) is 9.84 Å². The number of hydrogen-bond acceptors (Lipinski definition) is 4. The number of alkyl halides is 3. The van der Waals surface area contributed by atoms with E-state index in [1.807, 2.05) is 0 Å². The molecule has 5 nitrogen and oxygen atoms in total. The van der Waals surface area contributed by atoms with Crippen LogP contribution >= 0.6 is 0 Å². The standard InChI is InChI=1S/C22H23F4NO4S/c1-21(2,32(29,30)19-8-4-7-18(14-19)31-22(24,25)26)16-9-11-27(12-10-16)20(28)15-5-3-6-17(23)13-15/h3-8,13-14,16H,9-12H2,1-2H3. The zero-order chi connectivity index (χ0) is 23.7. The Balaban J connectivity index is 1.74. The highest BCUT2D eigenvalue weighted by molar-refractivity contribution is 7.92. The first-order chi connectivity index (χ1) is 14.8. The number of carbonyl (C=O) groups is 1. The normalized spacial score (nSPS) is 16.1. The zero-order valence-corrected chi connectivity index (χ0v) is 18.3. The molecule has 174 valence electrons. The average molecular weight is 473 g/mol. The number of amides is 1. The van der Waals surface area contributed by atoms with Gasteiger partial charge in [0.25, 0.3) is 5.91 Å². The fraction of sp³-hybridized carbons (Fsp3) is 0.409. The molecule has 1 fully saturated rings. The van der Waals surface area contributed by atoms with Crippen LogP contribution in [0.25, 0.3) is 0 Å². The summed E-state index contributed by atoms with van der Waals surface area (Å²) in [6.45, 7) is 3.65. The van der Waals surface area contributed by atoms with Crippen LogP contribution in [0.2, 0.25) is 0 Å². The van der Waals surface area contributed by atoms with Crippen LogP contribution in [0, 0.1) is 11.7 Å². The Labute approximate surface area is 183 Å².